The molecule has 2 saturated heterocycles. The monoisotopic (exact) mass is 560 g/mol. The maximum absolute atomic E-state index is 12.9. The number of carbonyl (C=O) groups excluding carboxylic acids is 1. The van der Waals surface area contributed by atoms with Crippen LogP contribution in [0.25, 0.3) is 5.65 Å². The van der Waals surface area contributed by atoms with E-state index in [0.29, 0.717) is 24.6 Å². The Bertz CT molecular complexity index is 1510. The highest BCUT2D eigenvalue weighted by molar-refractivity contribution is 7.09. The lowest BCUT2D eigenvalue weighted by Crippen LogP contribution is -2.52. The molecule has 0 radical (unpaired) electrons. The second-order valence-corrected chi connectivity index (χ2v) is 12.1. The zero-order valence-corrected chi connectivity index (χ0v) is 23.2. The minimum atomic E-state index is -1.00. The summed E-state index contributed by atoms with van der Waals surface area (Å²) in [5, 5.41) is 19.7. The summed E-state index contributed by atoms with van der Waals surface area (Å²) < 4.78 is 12.0. The number of nitrogens with one attached hydrogen (secondary N) is 1. The van der Waals surface area contributed by atoms with Crippen molar-refractivity contribution in [1.29, 1.82) is 0 Å². The molecule has 11 nitrogen and oxygen atoms in total. The first-order valence-electron chi connectivity index (χ1n) is 13.7. The van der Waals surface area contributed by atoms with Gasteiger partial charge in [-0.05, 0) is 49.8 Å². The Morgan fingerprint density at radius 3 is 2.70 bits per heavy atom. The molecule has 7 rings (SSSR count). The number of β-amino-alcohol motifs (C(OH)–C–C–N with tert-alkyl or cyclic N) is 1. The van der Waals surface area contributed by atoms with Gasteiger partial charge in [0.05, 0.1) is 24.9 Å². The highest BCUT2D eigenvalue weighted by Gasteiger charge is 2.46. The van der Waals surface area contributed by atoms with Crippen LogP contribution in [0, 0.1) is 6.92 Å². The van der Waals surface area contributed by atoms with Gasteiger partial charge >= 0.3 is 6.03 Å². The second kappa shape index (κ2) is 9.70. The van der Waals surface area contributed by atoms with E-state index < -0.39 is 6.10 Å². The number of carbonyl (C=O) groups is 1. The van der Waals surface area contributed by atoms with E-state index in [9.17, 15) is 9.90 Å². The van der Waals surface area contributed by atoms with Crippen LogP contribution in [0.2, 0.25) is 0 Å². The van der Waals surface area contributed by atoms with E-state index in [1.165, 1.54) is 17.1 Å². The minimum absolute atomic E-state index is 0.0795. The average molecular weight is 561 g/mol. The SMILES string of the molecule is Cc1cc(OCC2(c3ccccc3)CC2)cn2nc(C(O)CN3CC4(CCN(c5ncns5)CC4)NC3=O)nc12. The Balaban J connectivity index is 1.00. The zero-order valence-electron chi connectivity index (χ0n) is 22.4. The van der Waals surface area contributed by atoms with Gasteiger partial charge in [0, 0.05) is 36.6 Å². The molecule has 1 atom stereocenters. The van der Waals surface area contributed by atoms with Gasteiger partial charge in [-0.1, -0.05) is 30.3 Å². The largest absolute Gasteiger partial charge is 0.491 e. The van der Waals surface area contributed by atoms with E-state index in [2.05, 4.69) is 53.9 Å². The van der Waals surface area contributed by atoms with Gasteiger partial charge in [-0.15, -0.1) is 5.10 Å². The first-order chi connectivity index (χ1) is 19.4. The number of aromatic nitrogens is 5. The smallest absolute Gasteiger partial charge is 0.318 e. The molecular weight excluding hydrogens is 528 g/mol. The summed E-state index contributed by atoms with van der Waals surface area (Å²) in [5.74, 6) is 1.02. The number of ether oxygens (including phenoxy) is 1. The molecule has 40 heavy (non-hydrogen) atoms. The molecule has 5 heterocycles. The quantitative estimate of drug-likeness (QED) is 0.337. The van der Waals surface area contributed by atoms with Crippen LogP contribution in [0.4, 0.5) is 9.93 Å². The Morgan fingerprint density at radius 2 is 1.98 bits per heavy atom. The third-order valence-electron chi connectivity index (χ3n) is 8.55. The zero-order chi connectivity index (χ0) is 27.3. The van der Waals surface area contributed by atoms with Gasteiger partial charge in [-0.3, -0.25) is 0 Å². The van der Waals surface area contributed by atoms with Gasteiger partial charge in [0.2, 0.25) is 5.13 Å². The van der Waals surface area contributed by atoms with E-state index >= 15 is 0 Å². The van der Waals surface area contributed by atoms with Crippen LogP contribution in [-0.2, 0) is 5.41 Å². The van der Waals surface area contributed by atoms with Crippen LogP contribution in [0.5, 0.6) is 5.75 Å². The van der Waals surface area contributed by atoms with Gasteiger partial charge in [0.25, 0.3) is 0 Å². The number of nitrogens with zero attached hydrogens (tertiary/aromatic N) is 7. The molecule has 3 aromatic heterocycles. The van der Waals surface area contributed by atoms with Crippen molar-refractivity contribution in [3.05, 3.63) is 65.9 Å². The number of rotatable bonds is 8. The van der Waals surface area contributed by atoms with Crippen molar-refractivity contribution in [3.8, 4) is 5.75 Å². The maximum atomic E-state index is 12.9. The standard InChI is InChI=1S/C28H32N8O3S/c1-19-13-21(39-17-27(7-8-27)20-5-3-2-4-6-20)14-36-24(19)31-23(33-36)22(37)15-35-16-28(32-25(35)38)9-11-34(12-10-28)26-29-18-30-40-26/h2-6,13-14,18,22,37H,7-12,15-17H2,1H3,(H,32,38). The topological polar surface area (TPSA) is 121 Å². The number of aliphatic hydroxyl groups excluding tert-OH is 1. The van der Waals surface area contributed by atoms with Gasteiger partial charge in [-0.2, -0.15) is 4.37 Å². The third-order valence-corrected chi connectivity index (χ3v) is 9.28. The number of piperidine rings is 1. The van der Waals surface area contributed by atoms with Gasteiger partial charge in [-0.25, -0.2) is 19.3 Å². The number of pyridine rings is 1. The average Bonchev–Trinajstić information content (AvgIpc) is 3.27. The molecule has 208 valence electrons. The summed E-state index contributed by atoms with van der Waals surface area (Å²) in [6, 6.07) is 12.3. The number of hydrogen-bond donors (Lipinski definition) is 2. The van der Waals surface area contributed by atoms with Crippen LogP contribution in [0.1, 0.15) is 48.7 Å². The number of aryl methyl sites for hydroxylation is 1. The molecule has 3 aliphatic rings. The van der Waals surface area contributed by atoms with Gasteiger partial charge < -0.3 is 25.0 Å². The van der Waals surface area contributed by atoms with Crippen LogP contribution in [0.15, 0.2) is 48.9 Å². The Labute approximate surface area is 236 Å². The first-order valence-corrected chi connectivity index (χ1v) is 14.5. The number of aliphatic hydroxyl groups is 1. The van der Waals surface area contributed by atoms with Crippen LogP contribution < -0.4 is 15.0 Å². The summed E-state index contributed by atoms with van der Waals surface area (Å²) in [6.45, 7) is 4.85. The molecule has 3 fully saturated rings. The molecule has 1 aromatic carbocycles. The summed E-state index contributed by atoms with van der Waals surface area (Å²) >= 11 is 1.39. The number of hydrogen-bond acceptors (Lipinski definition) is 9. The fourth-order valence-electron chi connectivity index (χ4n) is 5.97. The molecule has 1 spiro atoms. The molecule has 2 aliphatic heterocycles. The molecule has 1 unspecified atom stereocenters. The molecule has 4 aromatic rings. The van der Waals surface area contributed by atoms with E-state index in [4.69, 9.17) is 4.74 Å². The van der Waals surface area contributed by atoms with Crippen LogP contribution >= 0.6 is 11.5 Å². The molecule has 12 heteroatoms. The van der Waals surface area contributed by atoms with Crippen molar-refractivity contribution in [2.45, 2.75) is 49.7 Å². The lowest BCUT2D eigenvalue weighted by Gasteiger charge is -2.38. The van der Waals surface area contributed by atoms with E-state index in [1.54, 1.807) is 15.7 Å². The Morgan fingerprint density at radius 1 is 1.18 bits per heavy atom. The van der Waals surface area contributed by atoms with Crippen molar-refractivity contribution >= 4 is 28.3 Å². The number of anilines is 1. The fourth-order valence-corrected chi connectivity index (χ4v) is 6.55. The van der Waals surface area contributed by atoms with Crippen molar-refractivity contribution in [1.82, 2.24) is 34.2 Å². The van der Waals surface area contributed by atoms with Crippen molar-refractivity contribution < 1.29 is 14.6 Å². The Kier molecular flexibility index (Phi) is 6.12. The van der Waals surface area contributed by atoms with Crippen LogP contribution in [0.3, 0.4) is 0 Å². The highest BCUT2D eigenvalue weighted by Crippen LogP contribution is 2.48. The predicted molar refractivity (Wildman–Crippen MR) is 150 cm³/mol. The normalized spacial score (nSPS) is 20.2. The van der Waals surface area contributed by atoms with Crippen molar-refractivity contribution in [2.24, 2.45) is 0 Å². The molecule has 2 amide bonds. The molecule has 0 bridgehead atoms. The summed E-state index contributed by atoms with van der Waals surface area (Å²) in [6.07, 6.45) is 6.24. The predicted octanol–water partition coefficient (Wildman–Crippen LogP) is 3.10. The number of benzene rings is 1. The number of urea groups is 1. The lowest BCUT2D eigenvalue weighted by atomic mass is 9.88. The van der Waals surface area contributed by atoms with Crippen LogP contribution in [-0.4, -0.2) is 78.3 Å². The van der Waals surface area contributed by atoms with Crippen molar-refractivity contribution in [2.75, 3.05) is 37.7 Å². The molecule has 2 N–H and O–H groups in total. The van der Waals surface area contributed by atoms with Crippen molar-refractivity contribution in [3.63, 3.8) is 0 Å². The lowest BCUT2D eigenvalue weighted by molar-refractivity contribution is 0.121. The Hall–Kier alpha value is -3.77. The van der Waals surface area contributed by atoms with Gasteiger partial charge in [0.15, 0.2) is 11.5 Å². The van der Waals surface area contributed by atoms with E-state index in [-0.39, 0.29) is 23.5 Å². The summed E-state index contributed by atoms with van der Waals surface area (Å²) in [4.78, 5) is 25.7. The van der Waals surface area contributed by atoms with E-state index in [1.807, 2.05) is 25.3 Å². The molecular formula is C28H32N8O3S. The highest BCUT2D eigenvalue weighted by atomic mass is 32.1. The van der Waals surface area contributed by atoms with Gasteiger partial charge in [0.1, 0.15) is 18.2 Å². The van der Waals surface area contributed by atoms with E-state index in [0.717, 1.165) is 55.2 Å². The summed E-state index contributed by atoms with van der Waals surface area (Å²) in [7, 11) is 0. The molecule has 1 aliphatic carbocycles. The second-order valence-electron chi connectivity index (χ2n) is 11.3. The number of fused-ring (bicyclic) bond motifs is 1. The minimum Gasteiger partial charge on any atom is -0.491 e. The fraction of sp³-hybridized carbons (Fsp3) is 0.464. The molecule has 1 saturated carbocycles. The first kappa shape index (κ1) is 25.2. The number of amides is 2. The maximum Gasteiger partial charge on any atom is 0.318 e. The third kappa shape index (κ3) is 4.64. The summed E-state index contributed by atoms with van der Waals surface area (Å²) in [5.41, 5.74) is 2.67.